The summed E-state index contributed by atoms with van der Waals surface area (Å²) in [6.07, 6.45) is 11.9. The number of pyridine rings is 1. The van der Waals surface area contributed by atoms with E-state index in [9.17, 15) is 4.79 Å². The van der Waals surface area contributed by atoms with Gasteiger partial charge in [-0.25, -0.2) is 0 Å². The maximum atomic E-state index is 11.7. The van der Waals surface area contributed by atoms with E-state index in [4.69, 9.17) is 4.74 Å². The first-order valence-electron chi connectivity index (χ1n) is 7.79. The predicted octanol–water partition coefficient (Wildman–Crippen LogP) is 3.24. The molecule has 106 valence electrons. The van der Waals surface area contributed by atoms with Gasteiger partial charge in [-0.15, -0.1) is 0 Å². The lowest BCUT2D eigenvalue weighted by Crippen LogP contribution is -2.53. The van der Waals surface area contributed by atoms with Crippen LogP contribution in [-0.2, 0) is 4.79 Å². The van der Waals surface area contributed by atoms with Crippen LogP contribution in [0.15, 0.2) is 24.5 Å². The topological polar surface area (TPSA) is 39.2 Å². The van der Waals surface area contributed by atoms with Crippen LogP contribution in [0.1, 0.15) is 38.5 Å². The third kappa shape index (κ3) is 1.95. The predicted molar refractivity (Wildman–Crippen MR) is 75.3 cm³/mol. The second kappa shape index (κ2) is 4.57. The third-order valence-electron chi connectivity index (χ3n) is 5.71. The molecule has 1 heterocycles. The highest BCUT2D eigenvalue weighted by Crippen LogP contribution is 2.61. The summed E-state index contributed by atoms with van der Waals surface area (Å²) in [5.74, 6) is 3.23. The van der Waals surface area contributed by atoms with Crippen LogP contribution < -0.4 is 4.74 Å². The lowest BCUT2D eigenvalue weighted by Gasteiger charge is -2.58. The zero-order chi connectivity index (χ0) is 13.6. The first kappa shape index (κ1) is 12.4. The van der Waals surface area contributed by atoms with Gasteiger partial charge in [-0.1, -0.05) is 0 Å². The van der Waals surface area contributed by atoms with Crippen LogP contribution in [0.3, 0.4) is 0 Å². The van der Waals surface area contributed by atoms with Crippen LogP contribution >= 0.6 is 0 Å². The number of carbonyl (C=O) groups excluding carboxylic acids is 1. The molecule has 1 aromatic rings. The Morgan fingerprint density at radius 3 is 2.35 bits per heavy atom. The summed E-state index contributed by atoms with van der Waals surface area (Å²) in [5, 5.41) is 0. The van der Waals surface area contributed by atoms with E-state index in [0.717, 1.165) is 29.8 Å². The van der Waals surface area contributed by atoms with E-state index >= 15 is 0 Å². The Kier molecular flexibility index (Phi) is 2.83. The van der Waals surface area contributed by atoms with Crippen LogP contribution in [0.4, 0.5) is 0 Å². The van der Waals surface area contributed by atoms with Crippen LogP contribution in [0.2, 0.25) is 0 Å². The number of aromatic nitrogens is 1. The largest absolute Gasteiger partial charge is 0.481 e. The number of ether oxygens (including phenoxy) is 1. The van der Waals surface area contributed by atoms with Gasteiger partial charge in [0.05, 0.1) is 6.20 Å². The van der Waals surface area contributed by atoms with Gasteiger partial charge in [0.15, 0.2) is 12.4 Å². The SMILES string of the molecule is O=CC(Oc1cccnc1)C12CC3CC(CC(C3)C1)C2. The number of hydrogen-bond acceptors (Lipinski definition) is 3. The van der Waals surface area contributed by atoms with Gasteiger partial charge in [0.2, 0.25) is 0 Å². The first-order chi connectivity index (χ1) is 9.77. The van der Waals surface area contributed by atoms with E-state index in [2.05, 4.69) is 4.98 Å². The third-order valence-corrected chi connectivity index (χ3v) is 5.71. The van der Waals surface area contributed by atoms with Crippen molar-refractivity contribution in [2.24, 2.45) is 23.2 Å². The zero-order valence-electron chi connectivity index (χ0n) is 11.7. The number of carbonyl (C=O) groups is 1. The van der Waals surface area contributed by atoms with Crippen molar-refractivity contribution in [2.75, 3.05) is 0 Å². The molecule has 0 saturated heterocycles. The van der Waals surface area contributed by atoms with Crippen molar-refractivity contribution < 1.29 is 9.53 Å². The molecule has 1 unspecified atom stereocenters. The maximum Gasteiger partial charge on any atom is 0.161 e. The maximum absolute atomic E-state index is 11.7. The normalized spacial score (nSPS) is 39.5. The molecule has 4 aliphatic rings. The fourth-order valence-electron chi connectivity index (χ4n) is 5.39. The molecule has 4 aliphatic carbocycles. The second-order valence-corrected chi connectivity index (χ2v) is 7.14. The Morgan fingerprint density at radius 2 is 1.85 bits per heavy atom. The summed E-state index contributed by atoms with van der Waals surface area (Å²) in [6.45, 7) is 0. The highest BCUT2D eigenvalue weighted by atomic mass is 16.5. The molecule has 4 saturated carbocycles. The van der Waals surface area contributed by atoms with Crippen molar-refractivity contribution in [2.45, 2.75) is 44.6 Å². The van der Waals surface area contributed by atoms with Crippen LogP contribution in [0.25, 0.3) is 0 Å². The lowest BCUT2D eigenvalue weighted by molar-refractivity contribution is -0.137. The Morgan fingerprint density at radius 1 is 1.20 bits per heavy atom. The summed E-state index contributed by atoms with van der Waals surface area (Å²) >= 11 is 0. The minimum absolute atomic E-state index is 0.104. The Bertz CT molecular complexity index is 464. The fraction of sp³-hybridized carbons (Fsp3) is 0.647. The Hall–Kier alpha value is -1.38. The summed E-state index contributed by atoms with van der Waals surface area (Å²) < 4.78 is 6.02. The average Bonchev–Trinajstić information content (AvgIpc) is 2.44. The quantitative estimate of drug-likeness (QED) is 0.789. The van der Waals surface area contributed by atoms with Crippen molar-refractivity contribution in [3.05, 3.63) is 24.5 Å². The monoisotopic (exact) mass is 271 g/mol. The van der Waals surface area contributed by atoms with E-state index < -0.39 is 0 Å². The van der Waals surface area contributed by atoms with Gasteiger partial charge in [-0.3, -0.25) is 9.78 Å². The van der Waals surface area contributed by atoms with Crippen molar-refractivity contribution in [1.82, 2.24) is 4.98 Å². The van der Waals surface area contributed by atoms with E-state index in [1.54, 1.807) is 12.4 Å². The number of nitrogens with zero attached hydrogens (tertiary/aromatic N) is 1. The molecule has 0 spiro atoms. The Labute approximate surface area is 119 Å². The van der Waals surface area contributed by atoms with Gasteiger partial charge >= 0.3 is 0 Å². The molecule has 4 fully saturated rings. The van der Waals surface area contributed by atoms with Crippen LogP contribution in [0.5, 0.6) is 5.75 Å². The van der Waals surface area contributed by atoms with E-state index in [1.807, 2.05) is 12.1 Å². The molecule has 0 radical (unpaired) electrons. The molecule has 0 aromatic carbocycles. The number of aldehydes is 1. The van der Waals surface area contributed by atoms with Gasteiger partial charge in [-0.2, -0.15) is 0 Å². The molecule has 0 aliphatic heterocycles. The van der Waals surface area contributed by atoms with Gasteiger partial charge in [0.1, 0.15) is 5.75 Å². The van der Waals surface area contributed by atoms with Gasteiger partial charge in [0.25, 0.3) is 0 Å². The van der Waals surface area contributed by atoms with Crippen LogP contribution in [-0.4, -0.2) is 17.4 Å². The average molecular weight is 271 g/mol. The molecular formula is C17H21NO2. The minimum Gasteiger partial charge on any atom is -0.481 e. The molecule has 20 heavy (non-hydrogen) atoms. The van der Waals surface area contributed by atoms with Crippen LogP contribution in [0, 0.1) is 23.2 Å². The molecule has 0 amide bonds. The second-order valence-electron chi connectivity index (χ2n) is 7.14. The van der Waals surface area contributed by atoms with E-state index in [-0.39, 0.29) is 11.5 Å². The van der Waals surface area contributed by atoms with Crippen molar-refractivity contribution in [3.63, 3.8) is 0 Å². The molecule has 3 heteroatoms. The van der Waals surface area contributed by atoms with Crippen molar-refractivity contribution >= 4 is 6.29 Å². The van der Waals surface area contributed by atoms with Crippen molar-refractivity contribution in [1.29, 1.82) is 0 Å². The summed E-state index contributed by atoms with van der Waals surface area (Å²) in [5.41, 5.74) is 0.104. The zero-order valence-corrected chi connectivity index (χ0v) is 11.7. The molecule has 5 rings (SSSR count). The Balaban J connectivity index is 1.59. The molecule has 1 aromatic heterocycles. The standard InChI is InChI=1S/C17H21NO2/c19-11-16(20-15-2-1-3-18-10-15)17-7-12-4-13(8-17)6-14(5-12)9-17/h1-3,10-14,16H,4-9H2. The molecule has 4 bridgehead atoms. The highest BCUT2D eigenvalue weighted by Gasteiger charge is 2.55. The number of hydrogen-bond donors (Lipinski definition) is 0. The summed E-state index contributed by atoms with van der Waals surface area (Å²) in [6, 6.07) is 3.75. The first-order valence-corrected chi connectivity index (χ1v) is 7.79. The fourth-order valence-corrected chi connectivity index (χ4v) is 5.39. The van der Waals surface area contributed by atoms with Crippen molar-refractivity contribution in [3.8, 4) is 5.75 Å². The number of rotatable bonds is 4. The molecule has 1 atom stereocenters. The van der Waals surface area contributed by atoms with E-state index in [0.29, 0.717) is 0 Å². The highest BCUT2D eigenvalue weighted by molar-refractivity contribution is 5.59. The molecule has 0 N–H and O–H groups in total. The van der Waals surface area contributed by atoms with Gasteiger partial charge in [0, 0.05) is 11.6 Å². The molecular weight excluding hydrogens is 250 g/mol. The smallest absolute Gasteiger partial charge is 0.161 e. The summed E-state index contributed by atoms with van der Waals surface area (Å²) in [7, 11) is 0. The van der Waals surface area contributed by atoms with Gasteiger partial charge < -0.3 is 4.74 Å². The minimum atomic E-state index is -0.292. The lowest BCUT2D eigenvalue weighted by atomic mass is 9.48. The van der Waals surface area contributed by atoms with E-state index in [1.165, 1.54) is 38.5 Å². The molecule has 3 nitrogen and oxygen atoms in total. The summed E-state index contributed by atoms with van der Waals surface area (Å²) in [4.78, 5) is 15.8. The van der Waals surface area contributed by atoms with Gasteiger partial charge in [-0.05, 0) is 68.4 Å².